The molecule has 1 aromatic carbocycles. The third-order valence-corrected chi connectivity index (χ3v) is 3.21. The molecule has 1 aliphatic heterocycles. The molecule has 20 heavy (non-hydrogen) atoms. The fourth-order valence-electron chi connectivity index (χ4n) is 2.15. The minimum Gasteiger partial charge on any atom is -0.326 e. The molecular formula is C14H18FN3O2. The van der Waals surface area contributed by atoms with Crippen LogP contribution in [0.15, 0.2) is 18.2 Å². The van der Waals surface area contributed by atoms with E-state index < -0.39 is 12.2 Å². The van der Waals surface area contributed by atoms with Gasteiger partial charge in [-0.2, -0.15) is 0 Å². The number of benzene rings is 1. The first-order valence-electron chi connectivity index (χ1n) is 6.52. The first-order chi connectivity index (χ1) is 9.45. The molecule has 1 heterocycles. The van der Waals surface area contributed by atoms with E-state index in [1.807, 2.05) is 6.92 Å². The molecule has 2 atom stereocenters. The number of carbonyl (C=O) groups is 2. The molecule has 0 spiro atoms. The summed E-state index contributed by atoms with van der Waals surface area (Å²) < 4.78 is 13.1. The van der Waals surface area contributed by atoms with E-state index >= 15 is 0 Å². The molecule has 2 rings (SSSR count). The number of halogens is 1. The predicted octanol–water partition coefficient (Wildman–Crippen LogP) is 1.59. The third-order valence-electron chi connectivity index (χ3n) is 3.21. The first kappa shape index (κ1) is 14.5. The highest BCUT2D eigenvalue weighted by Crippen LogP contribution is 2.21. The Morgan fingerprint density at radius 1 is 1.35 bits per heavy atom. The molecule has 108 valence electrons. The first-order valence-corrected chi connectivity index (χ1v) is 6.52. The summed E-state index contributed by atoms with van der Waals surface area (Å²) in [6, 6.07) is 4.75. The van der Waals surface area contributed by atoms with Crippen LogP contribution >= 0.6 is 0 Å². The van der Waals surface area contributed by atoms with E-state index in [2.05, 4.69) is 16.0 Å². The second kappa shape index (κ2) is 6.00. The van der Waals surface area contributed by atoms with Crippen LogP contribution in [0.2, 0.25) is 0 Å². The molecule has 0 aromatic heterocycles. The number of rotatable bonds is 3. The summed E-state index contributed by atoms with van der Waals surface area (Å²) in [7, 11) is 0. The number of alkyl halides is 1. The molecular weight excluding hydrogens is 261 g/mol. The molecule has 1 saturated heterocycles. The summed E-state index contributed by atoms with van der Waals surface area (Å²) in [4.78, 5) is 23.0. The smallest absolute Gasteiger partial charge is 0.241 e. The van der Waals surface area contributed by atoms with Crippen LogP contribution in [0.4, 0.5) is 15.8 Å². The maximum atomic E-state index is 13.1. The number of aryl methyl sites for hydroxylation is 1. The quantitative estimate of drug-likeness (QED) is 0.787. The Morgan fingerprint density at radius 2 is 2.10 bits per heavy atom. The zero-order valence-electron chi connectivity index (χ0n) is 11.5. The van der Waals surface area contributed by atoms with E-state index in [-0.39, 0.29) is 24.8 Å². The van der Waals surface area contributed by atoms with Crippen LogP contribution in [-0.4, -0.2) is 30.6 Å². The molecule has 0 unspecified atom stereocenters. The Hall–Kier alpha value is -1.95. The normalized spacial score (nSPS) is 21.6. The van der Waals surface area contributed by atoms with Gasteiger partial charge in [0, 0.05) is 31.3 Å². The van der Waals surface area contributed by atoms with Gasteiger partial charge in [-0.15, -0.1) is 0 Å². The molecule has 2 amide bonds. The molecule has 1 aliphatic rings. The van der Waals surface area contributed by atoms with E-state index in [1.165, 1.54) is 6.92 Å². The van der Waals surface area contributed by atoms with Gasteiger partial charge in [-0.1, -0.05) is 6.07 Å². The highest BCUT2D eigenvalue weighted by atomic mass is 19.1. The number of hydrogen-bond acceptors (Lipinski definition) is 3. The van der Waals surface area contributed by atoms with E-state index in [4.69, 9.17) is 0 Å². The average molecular weight is 279 g/mol. The Kier molecular flexibility index (Phi) is 4.34. The van der Waals surface area contributed by atoms with Crippen LogP contribution in [0, 0.1) is 6.92 Å². The summed E-state index contributed by atoms with van der Waals surface area (Å²) >= 11 is 0. The third kappa shape index (κ3) is 3.54. The van der Waals surface area contributed by atoms with Gasteiger partial charge in [-0.25, -0.2) is 4.39 Å². The van der Waals surface area contributed by atoms with Gasteiger partial charge in [0.2, 0.25) is 11.8 Å². The summed E-state index contributed by atoms with van der Waals surface area (Å²) in [6.45, 7) is 3.48. The molecule has 0 radical (unpaired) electrons. The maximum absolute atomic E-state index is 13.1. The fraction of sp³-hybridized carbons (Fsp3) is 0.429. The SMILES string of the molecule is CC(=O)Nc1ccc(C)c(NC(=O)[C@H]2C[C@H](F)CN2)c1. The van der Waals surface area contributed by atoms with Crippen LogP contribution in [-0.2, 0) is 9.59 Å². The average Bonchev–Trinajstić information content (AvgIpc) is 2.79. The van der Waals surface area contributed by atoms with Crippen molar-refractivity contribution in [2.45, 2.75) is 32.5 Å². The van der Waals surface area contributed by atoms with Crippen molar-refractivity contribution >= 4 is 23.2 Å². The lowest BCUT2D eigenvalue weighted by Gasteiger charge is -2.14. The lowest BCUT2D eigenvalue weighted by Crippen LogP contribution is -2.35. The summed E-state index contributed by atoms with van der Waals surface area (Å²) in [5, 5.41) is 8.26. The topological polar surface area (TPSA) is 70.2 Å². The summed E-state index contributed by atoms with van der Waals surface area (Å²) in [5.41, 5.74) is 2.11. The molecule has 3 N–H and O–H groups in total. The molecule has 0 saturated carbocycles. The van der Waals surface area contributed by atoms with Gasteiger partial charge in [0.05, 0.1) is 6.04 Å². The van der Waals surface area contributed by atoms with Crippen molar-refractivity contribution in [1.82, 2.24) is 5.32 Å². The minimum absolute atomic E-state index is 0.177. The number of hydrogen-bond donors (Lipinski definition) is 3. The Labute approximate surface area is 116 Å². The highest BCUT2D eigenvalue weighted by Gasteiger charge is 2.29. The number of nitrogens with one attached hydrogen (secondary N) is 3. The molecule has 5 nitrogen and oxygen atoms in total. The number of anilines is 2. The van der Waals surface area contributed by atoms with Gasteiger partial charge in [0.1, 0.15) is 6.17 Å². The maximum Gasteiger partial charge on any atom is 0.241 e. The van der Waals surface area contributed by atoms with Crippen LogP contribution in [0.25, 0.3) is 0 Å². The largest absolute Gasteiger partial charge is 0.326 e. The molecule has 0 bridgehead atoms. The Bertz CT molecular complexity index is 533. The van der Waals surface area contributed by atoms with Gasteiger partial charge in [-0.3, -0.25) is 9.59 Å². The highest BCUT2D eigenvalue weighted by molar-refractivity contribution is 5.97. The van der Waals surface area contributed by atoms with E-state index in [0.717, 1.165) is 5.56 Å². The van der Waals surface area contributed by atoms with Gasteiger partial charge < -0.3 is 16.0 Å². The fourth-order valence-corrected chi connectivity index (χ4v) is 2.15. The van der Waals surface area contributed by atoms with E-state index in [1.54, 1.807) is 18.2 Å². The van der Waals surface area contributed by atoms with Gasteiger partial charge >= 0.3 is 0 Å². The van der Waals surface area contributed by atoms with Crippen molar-refractivity contribution in [3.8, 4) is 0 Å². The molecule has 1 fully saturated rings. The number of carbonyl (C=O) groups excluding carboxylic acids is 2. The van der Waals surface area contributed by atoms with E-state index in [0.29, 0.717) is 11.4 Å². The lowest BCUT2D eigenvalue weighted by atomic mass is 10.1. The van der Waals surface area contributed by atoms with Crippen LogP contribution in [0.5, 0.6) is 0 Å². The van der Waals surface area contributed by atoms with Crippen LogP contribution < -0.4 is 16.0 Å². The van der Waals surface area contributed by atoms with Crippen molar-refractivity contribution < 1.29 is 14.0 Å². The Balaban J connectivity index is 2.08. The van der Waals surface area contributed by atoms with Crippen molar-refractivity contribution in [2.75, 3.05) is 17.2 Å². The van der Waals surface area contributed by atoms with Crippen LogP contribution in [0.3, 0.4) is 0 Å². The van der Waals surface area contributed by atoms with Crippen molar-refractivity contribution in [1.29, 1.82) is 0 Å². The van der Waals surface area contributed by atoms with Crippen molar-refractivity contribution in [3.05, 3.63) is 23.8 Å². The molecule has 1 aromatic rings. The Morgan fingerprint density at radius 3 is 2.70 bits per heavy atom. The number of amides is 2. The second-order valence-electron chi connectivity index (χ2n) is 4.99. The monoisotopic (exact) mass is 279 g/mol. The molecule has 0 aliphatic carbocycles. The van der Waals surface area contributed by atoms with Gasteiger partial charge in [0.25, 0.3) is 0 Å². The van der Waals surface area contributed by atoms with Crippen molar-refractivity contribution in [2.24, 2.45) is 0 Å². The van der Waals surface area contributed by atoms with Gasteiger partial charge in [-0.05, 0) is 24.6 Å². The minimum atomic E-state index is -0.974. The zero-order valence-corrected chi connectivity index (χ0v) is 11.5. The van der Waals surface area contributed by atoms with E-state index in [9.17, 15) is 14.0 Å². The molecule has 6 heteroatoms. The summed E-state index contributed by atoms with van der Waals surface area (Å²) in [6.07, 6.45) is -0.784. The predicted molar refractivity (Wildman–Crippen MR) is 75.4 cm³/mol. The van der Waals surface area contributed by atoms with Crippen molar-refractivity contribution in [3.63, 3.8) is 0 Å². The zero-order chi connectivity index (χ0) is 14.7. The van der Waals surface area contributed by atoms with Crippen LogP contribution in [0.1, 0.15) is 18.9 Å². The second-order valence-corrected chi connectivity index (χ2v) is 4.99. The standard InChI is InChI=1S/C14H18FN3O2/c1-8-3-4-11(17-9(2)19)6-12(8)18-14(20)13-5-10(15)7-16-13/h3-4,6,10,13,16H,5,7H2,1-2H3,(H,17,19)(H,18,20)/t10-,13+/m0/s1. The lowest BCUT2D eigenvalue weighted by molar-refractivity contribution is -0.118. The summed E-state index contributed by atoms with van der Waals surface area (Å²) in [5.74, 6) is -0.433. The van der Waals surface area contributed by atoms with Gasteiger partial charge in [0.15, 0.2) is 0 Å².